The van der Waals surface area contributed by atoms with Gasteiger partial charge in [0.05, 0.1) is 33.9 Å². The van der Waals surface area contributed by atoms with Crippen molar-refractivity contribution in [1.29, 1.82) is 0 Å². The summed E-state index contributed by atoms with van der Waals surface area (Å²) in [6.07, 6.45) is 8.55. The fourth-order valence-electron chi connectivity index (χ4n) is 7.70. The molecule has 1 aromatic heterocycles. The number of likely N-dealkylation sites (N-methyl/N-ethyl adjacent to an activating group) is 1. The second-order valence-corrected chi connectivity index (χ2v) is 10.5. The van der Waals surface area contributed by atoms with E-state index in [1.54, 1.807) is 7.11 Å². The van der Waals surface area contributed by atoms with Crippen molar-refractivity contribution in [3.8, 4) is 0 Å². The van der Waals surface area contributed by atoms with Crippen LogP contribution in [-0.2, 0) is 9.47 Å². The number of nitrogens with one attached hydrogen (secondary N) is 2. The van der Waals surface area contributed by atoms with Gasteiger partial charge in [-0.25, -0.2) is 0 Å². The molecule has 2 N–H and O–H groups in total. The maximum absolute atomic E-state index is 13.4. The number of rotatable bonds is 2. The lowest BCUT2D eigenvalue weighted by atomic mass is 9.85. The van der Waals surface area contributed by atoms with Gasteiger partial charge in [0.2, 0.25) is 0 Å². The van der Waals surface area contributed by atoms with Crippen LogP contribution < -0.4 is 15.5 Å². The number of imide groups is 1. The van der Waals surface area contributed by atoms with Crippen LogP contribution >= 0.6 is 0 Å². The molecule has 1 saturated heterocycles. The molecule has 6 atom stereocenters. The van der Waals surface area contributed by atoms with Gasteiger partial charge in [0.25, 0.3) is 11.8 Å². The van der Waals surface area contributed by atoms with Gasteiger partial charge < -0.3 is 24.3 Å². The minimum atomic E-state index is -0.824. The molecule has 5 aliphatic rings. The average Bonchev–Trinajstić information content (AvgIpc) is 3.48. The lowest BCUT2D eigenvalue weighted by Crippen LogP contribution is -2.67. The van der Waals surface area contributed by atoms with E-state index in [-0.39, 0.29) is 42.1 Å². The highest BCUT2D eigenvalue weighted by Gasteiger charge is 2.60. The number of carbonyl (C=O) groups excluding carboxylic acids is 2. The van der Waals surface area contributed by atoms with Crippen molar-refractivity contribution in [2.75, 3.05) is 19.1 Å². The molecule has 0 spiro atoms. The van der Waals surface area contributed by atoms with E-state index < -0.39 is 5.72 Å². The third-order valence-corrected chi connectivity index (χ3v) is 8.93. The zero-order valence-electron chi connectivity index (χ0n) is 20.2. The number of nitrogens with zero attached hydrogens (tertiary/aromatic N) is 2. The van der Waals surface area contributed by atoms with Gasteiger partial charge in [0, 0.05) is 41.8 Å². The van der Waals surface area contributed by atoms with Crippen LogP contribution in [0.15, 0.2) is 48.6 Å². The molecular formula is C28H26N4O4. The van der Waals surface area contributed by atoms with Crippen molar-refractivity contribution >= 4 is 39.3 Å². The Bertz CT molecular complexity index is 1600. The van der Waals surface area contributed by atoms with Gasteiger partial charge in [0.1, 0.15) is 12.3 Å². The van der Waals surface area contributed by atoms with E-state index in [2.05, 4.69) is 51.3 Å². The Kier molecular flexibility index (Phi) is 3.82. The molecule has 182 valence electrons. The number of fused-ring (bicyclic) bond motifs is 13. The van der Waals surface area contributed by atoms with E-state index in [9.17, 15) is 9.59 Å². The second kappa shape index (κ2) is 6.64. The topological polar surface area (TPSA) is 84.8 Å². The van der Waals surface area contributed by atoms with Gasteiger partial charge in [-0.05, 0) is 20.0 Å². The maximum atomic E-state index is 13.4. The van der Waals surface area contributed by atoms with E-state index in [0.717, 1.165) is 33.1 Å². The molecule has 1 fully saturated rings. The van der Waals surface area contributed by atoms with Crippen LogP contribution in [0.25, 0.3) is 21.8 Å². The number of hydrogen-bond acceptors (Lipinski definition) is 6. The van der Waals surface area contributed by atoms with Crippen molar-refractivity contribution < 1.29 is 19.1 Å². The summed E-state index contributed by atoms with van der Waals surface area (Å²) in [5.74, 6) is -0.734. The highest BCUT2D eigenvalue weighted by Crippen LogP contribution is 2.59. The van der Waals surface area contributed by atoms with Crippen molar-refractivity contribution in [1.82, 2.24) is 15.2 Å². The first-order chi connectivity index (χ1) is 17.5. The molecule has 8 nitrogen and oxygen atoms in total. The average molecular weight is 483 g/mol. The van der Waals surface area contributed by atoms with Crippen LogP contribution in [0.4, 0.5) is 5.69 Å². The van der Waals surface area contributed by atoms with Crippen LogP contribution in [0.1, 0.15) is 51.8 Å². The first-order valence-electron chi connectivity index (χ1n) is 12.5. The Morgan fingerprint density at radius 3 is 2.72 bits per heavy atom. The highest BCUT2D eigenvalue weighted by molar-refractivity contribution is 6.33. The van der Waals surface area contributed by atoms with E-state index in [1.165, 1.54) is 0 Å². The minimum absolute atomic E-state index is 0.0339. The first kappa shape index (κ1) is 20.7. The molecule has 8 rings (SSSR count). The Labute approximate surface area is 207 Å². The van der Waals surface area contributed by atoms with Crippen LogP contribution in [0.2, 0.25) is 0 Å². The molecule has 1 aliphatic carbocycles. The van der Waals surface area contributed by atoms with Crippen LogP contribution in [0, 0.1) is 0 Å². The Morgan fingerprint density at radius 2 is 1.92 bits per heavy atom. The number of methoxy groups -OCH3 is 1. The Morgan fingerprint density at radius 1 is 1.14 bits per heavy atom. The quantitative estimate of drug-likeness (QED) is 0.545. The van der Waals surface area contributed by atoms with Gasteiger partial charge in [-0.1, -0.05) is 42.5 Å². The molecule has 4 aliphatic heterocycles. The van der Waals surface area contributed by atoms with Crippen LogP contribution in [0.3, 0.4) is 0 Å². The summed E-state index contributed by atoms with van der Waals surface area (Å²) in [6, 6.07) is 8.08. The standard InChI is InChI=1S/C28H26N4O4/c1-28-25(35-3)15(29-2)12-18(36-28)31-16-10-6-4-8-13(16)19-21-22(27(34)30-26(21)33)20-14-9-5-7-11-17(14)32(28)24(20)23(19)31/h4-11,14-15,17-18,25,29H,12H2,1-3H3,(H,30,33,34)/t14?,15-,17?,18-,25-,28+/m1/s1. The summed E-state index contributed by atoms with van der Waals surface area (Å²) in [5, 5.41) is 7.88. The van der Waals surface area contributed by atoms with E-state index in [0.29, 0.717) is 17.5 Å². The fraction of sp³-hybridized carbons (Fsp3) is 0.357. The van der Waals surface area contributed by atoms with E-state index in [1.807, 2.05) is 31.3 Å². The summed E-state index contributed by atoms with van der Waals surface area (Å²) < 4.78 is 15.5. The van der Waals surface area contributed by atoms with E-state index >= 15 is 0 Å². The van der Waals surface area contributed by atoms with E-state index in [4.69, 9.17) is 9.47 Å². The summed E-state index contributed by atoms with van der Waals surface area (Å²) in [6.45, 7) is 2.11. The molecule has 2 bridgehead atoms. The third-order valence-electron chi connectivity index (χ3n) is 8.93. The molecule has 2 unspecified atom stereocenters. The maximum Gasteiger partial charge on any atom is 0.259 e. The minimum Gasteiger partial charge on any atom is -0.375 e. The normalized spacial score (nSPS) is 33.3. The number of anilines is 1. The Balaban J connectivity index is 1.62. The number of allylic oxidation sites excluding steroid dienone is 2. The van der Waals surface area contributed by atoms with Gasteiger partial charge in [-0.3, -0.25) is 14.9 Å². The molecule has 2 amide bonds. The predicted octanol–water partition coefficient (Wildman–Crippen LogP) is 3.33. The number of amides is 2. The summed E-state index contributed by atoms with van der Waals surface area (Å²) in [7, 11) is 3.70. The smallest absolute Gasteiger partial charge is 0.259 e. The van der Waals surface area contributed by atoms with Gasteiger partial charge in [0.15, 0.2) is 5.72 Å². The SMILES string of the molecule is CN[C@@H]1C[C@H]2O[C@@](C)([C@@H]1OC)N1c3c(c4c(c5c6ccccc6n2c35)C(=O)NC4=O)C2C=CC=CC21. The molecule has 3 aromatic rings. The lowest BCUT2D eigenvalue weighted by Gasteiger charge is -2.53. The van der Waals surface area contributed by atoms with Crippen molar-refractivity contribution in [2.24, 2.45) is 0 Å². The number of ether oxygens (including phenoxy) is 2. The predicted molar refractivity (Wildman–Crippen MR) is 135 cm³/mol. The zero-order valence-corrected chi connectivity index (χ0v) is 20.2. The molecule has 2 aromatic carbocycles. The van der Waals surface area contributed by atoms with Crippen molar-refractivity contribution in [2.45, 2.75) is 49.4 Å². The molecule has 8 heteroatoms. The van der Waals surface area contributed by atoms with Crippen LogP contribution in [0.5, 0.6) is 0 Å². The number of benzene rings is 2. The summed E-state index contributed by atoms with van der Waals surface area (Å²) >= 11 is 0. The first-order valence-corrected chi connectivity index (χ1v) is 12.5. The molecular weight excluding hydrogens is 456 g/mol. The number of para-hydroxylation sites is 1. The van der Waals surface area contributed by atoms with Gasteiger partial charge in [-0.2, -0.15) is 0 Å². The monoisotopic (exact) mass is 482 g/mol. The highest BCUT2D eigenvalue weighted by atomic mass is 16.6. The third kappa shape index (κ3) is 2.14. The van der Waals surface area contributed by atoms with Crippen LogP contribution in [-0.4, -0.2) is 54.5 Å². The molecule has 5 heterocycles. The fourth-order valence-corrected chi connectivity index (χ4v) is 7.70. The Hall–Kier alpha value is -3.46. The lowest BCUT2D eigenvalue weighted by molar-refractivity contribution is -0.219. The summed E-state index contributed by atoms with van der Waals surface area (Å²) in [5.41, 5.74) is 4.01. The number of aromatic nitrogens is 1. The van der Waals surface area contributed by atoms with Gasteiger partial charge in [-0.15, -0.1) is 0 Å². The van der Waals surface area contributed by atoms with Crippen molar-refractivity contribution in [3.63, 3.8) is 0 Å². The van der Waals surface area contributed by atoms with Gasteiger partial charge >= 0.3 is 0 Å². The molecule has 0 radical (unpaired) electrons. The molecule has 36 heavy (non-hydrogen) atoms. The molecule has 0 saturated carbocycles. The second-order valence-electron chi connectivity index (χ2n) is 10.5. The zero-order chi connectivity index (χ0) is 24.5. The number of carbonyl (C=O) groups is 2. The largest absolute Gasteiger partial charge is 0.375 e. The summed E-state index contributed by atoms with van der Waals surface area (Å²) in [4.78, 5) is 29.0. The number of hydrogen-bond donors (Lipinski definition) is 2. The van der Waals surface area contributed by atoms with Crippen molar-refractivity contribution in [3.05, 3.63) is 65.3 Å².